The fraction of sp³-hybridized carbons (Fsp3) is 1.00. The molecule has 2 N–H and O–H groups in total. The predicted octanol–water partition coefficient (Wildman–Crippen LogP) is 2.52. The van der Waals surface area contributed by atoms with Crippen LogP contribution in [-0.4, -0.2) is 30.1 Å². The molecule has 2 fully saturated rings. The largest absolute Gasteiger partial charge is 0.330 e. The summed E-state index contributed by atoms with van der Waals surface area (Å²) in [5, 5.41) is 0. The van der Waals surface area contributed by atoms with Crippen LogP contribution in [0.5, 0.6) is 0 Å². The summed E-state index contributed by atoms with van der Waals surface area (Å²) in [5.41, 5.74) is 5.65. The molecule has 2 aliphatic rings. The third-order valence-electron chi connectivity index (χ3n) is 4.21. The van der Waals surface area contributed by atoms with E-state index >= 15 is 0 Å². The Balaban J connectivity index is 1.88. The lowest BCUT2D eigenvalue weighted by Gasteiger charge is -2.34. The van der Waals surface area contributed by atoms with E-state index in [4.69, 9.17) is 5.73 Å². The molecule has 0 radical (unpaired) electrons. The van der Waals surface area contributed by atoms with Gasteiger partial charge in [-0.25, -0.2) is 0 Å². The molecule has 2 aliphatic carbocycles. The Kier molecular flexibility index (Phi) is 4.45. The third-order valence-corrected chi connectivity index (χ3v) is 4.21. The van der Waals surface area contributed by atoms with Gasteiger partial charge in [0.25, 0.3) is 0 Å². The minimum atomic E-state index is 0.857. The van der Waals surface area contributed by atoms with Gasteiger partial charge in [-0.1, -0.05) is 25.7 Å². The second-order valence-corrected chi connectivity index (χ2v) is 5.26. The minimum absolute atomic E-state index is 0.857. The summed E-state index contributed by atoms with van der Waals surface area (Å²) in [7, 11) is 0. The van der Waals surface area contributed by atoms with E-state index in [1.54, 1.807) is 0 Å². The Bertz CT molecular complexity index is 153. The van der Waals surface area contributed by atoms with Crippen LogP contribution in [0.2, 0.25) is 0 Å². The third kappa shape index (κ3) is 2.94. The van der Waals surface area contributed by atoms with Gasteiger partial charge in [0, 0.05) is 12.1 Å². The predicted molar refractivity (Wildman–Crippen MR) is 64.9 cm³/mol. The summed E-state index contributed by atoms with van der Waals surface area (Å²) in [6.45, 7) is 2.11. The zero-order valence-electron chi connectivity index (χ0n) is 9.96. The molecule has 15 heavy (non-hydrogen) atoms. The average Bonchev–Trinajstić information content (AvgIpc) is 2.90. The SMILES string of the molecule is NCCCN(C1CCCC1)C1CCCC1. The standard InChI is InChI=1S/C13H26N2/c14-10-5-11-15(12-6-1-2-7-12)13-8-3-4-9-13/h12-13H,1-11,14H2. The maximum atomic E-state index is 5.65. The zero-order valence-corrected chi connectivity index (χ0v) is 9.96. The van der Waals surface area contributed by atoms with Crippen LogP contribution >= 0.6 is 0 Å². The molecule has 2 saturated carbocycles. The van der Waals surface area contributed by atoms with Gasteiger partial charge in [0.15, 0.2) is 0 Å². The lowest BCUT2D eigenvalue weighted by Crippen LogP contribution is -2.41. The highest BCUT2D eigenvalue weighted by Crippen LogP contribution is 2.31. The second-order valence-electron chi connectivity index (χ2n) is 5.26. The quantitative estimate of drug-likeness (QED) is 0.755. The molecule has 2 heteroatoms. The summed E-state index contributed by atoms with van der Waals surface area (Å²) in [6.07, 6.45) is 12.8. The van der Waals surface area contributed by atoms with Gasteiger partial charge in [0.2, 0.25) is 0 Å². The van der Waals surface area contributed by atoms with E-state index in [0.29, 0.717) is 0 Å². The van der Waals surface area contributed by atoms with Crippen molar-refractivity contribution in [1.29, 1.82) is 0 Å². The molecule has 0 aliphatic heterocycles. The van der Waals surface area contributed by atoms with Crippen LogP contribution in [0.4, 0.5) is 0 Å². The summed E-state index contributed by atoms with van der Waals surface area (Å²) in [5.74, 6) is 0. The summed E-state index contributed by atoms with van der Waals surface area (Å²) >= 11 is 0. The smallest absolute Gasteiger partial charge is 0.00982 e. The lowest BCUT2D eigenvalue weighted by atomic mass is 10.1. The first-order valence-electron chi connectivity index (χ1n) is 6.87. The zero-order chi connectivity index (χ0) is 10.5. The number of nitrogens with zero attached hydrogens (tertiary/aromatic N) is 1. The summed E-state index contributed by atoms with van der Waals surface area (Å²) in [6, 6.07) is 1.80. The molecule has 88 valence electrons. The molecule has 0 atom stereocenters. The molecule has 0 aromatic heterocycles. The molecule has 0 aromatic carbocycles. The van der Waals surface area contributed by atoms with Crippen LogP contribution in [0.25, 0.3) is 0 Å². The topological polar surface area (TPSA) is 29.3 Å². The normalized spacial score (nSPS) is 24.4. The van der Waals surface area contributed by atoms with E-state index < -0.39 is 0 Å². The highest BCUT2D eigenvalue weighted by molar-refractivity contribution is 4.85. The van der Waals surface area contributed by atoms with E-state index in [9.17, 15) is 0 Å². The van der Waals surface area contributed by atoms with E-state index in [0.717, 1.165) is 18.6 Å². The maximum Gasteiger partial charge on any atom is 0.00982 e. The molecular weight excluding hydrogens is 184 g/mol. The molecule has 0 heterocycles. The van der Waals surface area contributed by atoms with Crippen molar-refractivity contribution in [2.24, 2.45) is 5.73 Å². The van der Waals surface area contributed by atoms with Crippen LogP contribution in [0.3, 0.4) is 0 Å². The highest BCUT2D eigenvalue weighted by Gasteiger charge is 2.29. The van der Waals surface area contributed by atoms with Gasteiger partial charge in [-0.05, 0) is 45.2 Å². The first-order valence-corrected chi connectivity index (χ1v) is 6.87. The Morgan fingerprint density at radius 2 is 1.33 bits per heavy atom. The van der Waals surface area contributed by atoms with E-state index in [-0.39, 0.29) is 0 Å². The number of nitrogens with two attached hydrogens (primary N) is 1. The van der Waals surface area contributed by atoms with Gasteiger partial charge < -0.3 is 5.73 Å². The number of hydrogen-bond acceptors (Lipinski definition) is 2. The van der Waals surface area contributed by atoms with Gasteiger partial charge in [-0.15, -0.1) is 0 Å². The molecule has 0 aromatic rings. The summed E-state index contributed by atoms with van der Waals surface area (Å²) < 4.78 is 0. The van der Waals surface area contributed by atoms with Crippen LogP contribution in [0.1, 0.15) is 57.8 Å². The number of rotatable bonds is 5. The molecule has 0 spiro atoms. The van der Waals surface area contributed by atoms with Crippen LogP contribution in [-0.2, 0) is 0 Å². The second kappa shape index (κ2) is 5.86. The molecule has 0 unspecified atom stereocenters. The maximum absolute atomic E-state index is 5.65. The Labute approximate surface area is 94.2 Å². The van der Waals surface area contributed by atoms with E-state index in [1.807, 2.05) is 0 Å². The van der Waals surface area contributed by atoms with Crippen LogP contribution in [0, 0.1) is 0 Å². The Hall–Kier alpha value is -0.0800. The minimum Gasteiger partial charge on any atom is -0.330 e. The molecule has 0 saturated heterocycles. The van der Waals surface area contributed by atoms with E-state index in [2.05, 4.69) is 4.90 Å². The highest BCUT2D eigenvalue weighted by atomic mass is 15.2. The molecule has 0 amide bonds. The van der Waals surface area contributed by atoms with Gasteiger partial charge in [-0.2, -0.15) is 0 Å². The summed E-state index contributed by atoms with van der Waals surface area (Å²) in [4.78, 5) is 2.81. The van der Waals surface area contributed by atoms with Gasteiger partial charge in [-0.3, -0.25) is 4.90 Å². The molecular formula is C13H26N2. The van der Waals surface area contributed by atoms with Crippen molar-refractivity contribution in [3.63, 3.8) is 0 Å². The van der Waals surface area contributed by atoms with Gasteiger partial charge >= 0.3 is 0 Å². The molecule has 2 nitrogen and oxygen atoms in total. The Morgan fingerprint density at radius 3 is 1.73 bits per heavy atom. The van der Waals surface area contributed by atoms with Crippen molar-refractivity contribution in [2.75, 3.05) is 13.1 Å². The van der Waals surface area contributed by atoms with Gasteiger partial charge in [0.1, 0.15) is 0 Å². The monoisotopic (exact) mass is 210 g/mol. The Morgan fingerprint density at radius 1 is 0.867 bits per heavy atom. The fourth-order valence-electron chi connectivity index (χ4n) is 3.41. The first kappa shape index (κ1) is 11.4. The van der Waals surface area contributed by atoms with Crippen molar-refractivity contribution in [3.05, 3.63) is 0 Å². The van der Waals surface area contributed by atoms with Crippen molar-refractivity contribution in [3.8, 4) is 0 Å². The first-order chi connectivity index (χ1) is 7.42. The van der Waals surface area contributed by atoms with Crippen molar-refractivity contribution in [1.82, 2.24) is 4.90 Å². The molecule has 2 rings (SSSR count). The van der Waals surface area contributed by atoms with Crippen molar-refractivity contribution in [2.45, 2.75) is 69.9 Å². The van der Waals surface area contributed by atoms with Crippen LogP contribution in [0.15, 0.2) is 0 Å². The van der Waals surface area contributed by atoms with Gasteiger partial charge in [0.05, 0.1) is 0 Å². The van der Waals surface area contributed by atoms with Crippen molar-refractivity contribution < 1.29 is 0 Å². The fourth-order valence-corrected chi connectivity index (χ4v) is 3.41. The lowest BCUT2D eigenvalue weighted by molar-refractivity contribution is 0.136. The number of hydrogen-bond donors (Lipinski definition) is 1. The van der Waals surface area contributed by atoms with E-state index in [1.165, 1.54) is 64.3 Å². The van der Waals surface area contributed by atoms with Crippen LogP contribution < -0.4 is 5.73 Å². The molecule has 0 bridgehead atoms. The average molecular weight is 210 g/mol. The van der Waals surface area contributed by atoms with Crippen molar-refractivity contribution >= 4 is 0 Å².